The number of thiazole rings is 1. The lowest BCUT2D eigenvalue weighted by molar-refractivity contribution is -0.137. The van der Waals surface area contributed by atoms with Gasteiger partial charge in [0.1, 0.15) is 10.7 Å². The number of carbonyl (C=O) groups excluding carboxylic acids is 1. The van der Waals surface area contributed by atoms with Crippen molar-refractivity contribution in [2.75, 3.05) is 16.4 Å². The highest BCUT2D eigenvalue weighted by atomic mass is 35.5. The second kappa shape index (κ2) is 11.7. The number of nitrogens with two attached hydrogens (primary N) is 1. The van der Waals surface area contributed by atoms with Crippen molar-refractivity contribution in [3.05, 3.63) is 93.6 Å². The number of nitrogens with zero attached hydrogens (tertiary/aromatic N) is 2. The van der Waals surface area contributed by atoms with Gasteiger partial charge in [0.15, 0.2) is 5.13 Å². The lowest BCUT2D eigenvalue weighted by atomic mass is 10.1. The predicted molar refractivity (Wildman–Crippen MR) is 137 cm³/mol. The molecular formula is C24H19ClF3N5O3S. The number of anilines is 4. The van der Waals surface area contributed by atoms with Gasteiger partial charge >= 0.3 is 12.1 Å². The fourth-order valence-corrected chi connectivity index (χ4v) is 3.67. The van der Waals surface area contributed by atoms with Crippen molar-refractivity contribution in [2.45, 2.75) is 13.1 Å². The average molecular weight is 550 g/mol. The first-order chi connectivity index (χ1) is 17.4. The van der Waals surface area contributed by atoms with Gasteiger partial charge in [0.2, 0.25) is 0 Å². The van der Waals surface area contributed by atoms with E-state index in [-0.39, 0.29) is 10.4 Å². The van der Waals surface area contributed by atoms with Crippen LogP contribution in [0.15, 0.2) is 67.0 Å². The lowest BCUT2D eigenvalue weighted by Gasteiger charge is -2.11. The van der Waals surface area contributed by atoms with Crippen LogP contribution < -0.4 is 16.4 Å². The minimum absolute atomic E-state index is 0.143. The fraction of sp³-hybridized carbons (Fsp3) is 0.0833. The number of carbonyl (C=O) groups is 2. The second-order valence-corrected chi connectivity index (χ2v) is 8.83. The molecule has 0 saturated heterocycles. The van der Waals surface area contributed by atoms with Crippen LogP contribution in [0, 0.1) is 6.92 Å². The minimum Gasteiger partial charge on any atom is -0.477 e. The Kier molecular flexibility index (Phi) is 8.69. The Morgan fingerprint density at radius 2 is 1.84 bits per heavy atom. The summed E-state index contributed by atoms with van der Waals surface area (Å²) in [6.07, 6.45) is -1.66. The molecule has 8 nitrogen and oxygen atoms in total. The maximum absolute atomic E-state index is 12.8. The van der Waals surface area contributed by atoms with Crippen LogP contribution in [-0.4, -0.2) is 27.0 Å². The van der Waals surface area contributed by atoms with Crippen molar-refractivity contribution < 1.29 is 27.9 Å². The molecular weight excluding hydrogens is 531 g/mol. The first kappa shape index (κ1) is 27.4. The normalized spacial score (nSPS) is 10.7. The van der Waals surface area contributed by atoms with E-state index in [1.54, 1.807) is 37.4 Å². The number of rotatable bonds is 5. The van der Waals surface area contributed by atoms with Crippen molar-refractivity contribution in [3.8, 4) is 0 Å². The van der Waals surface area contributed by atoms with E-state index in [1.165, 1.54) is 18.3 Å². The van der Waals surface area contributed by atoms with Gasteiger partial charge in [-0.25, -0.2) is 14.8 Å². The Bertz CT molecular complexity index is 1410. The van der Waals surface area contributed by atoms with E-state index < -0.39 is 28.6 Å². The van der Waals surface area contributed by atoms with Crippen LogP contribution in [0.4, 0.5) is 35.5 Å². The predicted octanol–water partition coefficient (Wildman–Crippen LogP) is 6.48. The highest BCUT2D eigenvalue weighted by Gasteiger charge is 2.33. The number of carboxylic acid groups (broad SMARTS) is 1. The van der Waals surface area contributed by atoms with Gasteiger partial charge in [-0.2, -0.15) is 13.2 Å². The molecule has 13 heteroatoms. The largest absolute Gasteiger partial charge is 0.477 e. The Labute approximate surface area is 218 Å². The van der Waals surface area contributed by atoms with Crippen LogP contribution in [0.25, 0.3) is 0 Å². The highest BCUT2D eigenvalue weighted by Crippen LogP contribution is 2.35. The number of nitrogens with one attached hydrogen (secondary N) is 2. The van der Waals surface area contributed by atoms with Gasteiger partial charge in [0, 0.05) is 23.1 Å². The quantitative estimate of drug-likeness (QED) is 0.209. The Morgan fingerprint density at radius 1 is 1.08 bits per heavy atom. The SMILES string of the molecule is Cc1ccc(NC(=O)c2ccc(Cl)c(C(F)(F)F)c2)cc1N.O=C(O)c1cnc(Nc2ccccn2)s1. The first-order valence-electron chi connectivity index (χ1n) is 10.4. The van der Waals surface area contributed by atoms with Crippen LogP contribution in [0.5, 0.6) is 0 Å². The van der Waals surface area contributed by atoms with Crippen molar-refractivity contribution >= 4 is 57.1 Å². The molecule has 4 rings (SSSR count). The van der Waals surface area contributed by atoms with Crippen LogP contribution >= 0.6 is 22.9 Å². The molecule has 0 spiro atoms. The smallest absolute Gasteiger partial charge is 0.417 e. The third-order valence-corrected chi connectivity index (χ3v) is 5.92. The topological polar surface area (TPSA) is 130 Å². The zero-order valence-corrected chi connectivity index (χ0v) is 20.6. The summed E-state index contributed by atoms with van der Waals surface area (Å²) < 4.78 is 38.4. The number of nitrogen functional groups attached to an aromatic ring is 1. The molecule has 2 aromatic heterocycles. The first-order valence-corrected chi connectivity index (χ1v) is 11.5. The Morgan fingerprint density at radius 3 is 2.43 bits per heavy atom. The molecule has 0 fully saturated rings. The molecule has 0 radical (unpaired) electrons. The van der Waals surface area contributed by atoms with E-state index >= 15 is 0 Å². The van der Waals surface area contributed by atoms with Crippen molar-refractivity contribution in [2.24, 2.45) is 0 Å². The average Bonchev–Trinajstić information content (AvgIpc) is 3.31. The fourth-order valence-electron chi connectivity index (χ4n) is 2.78. The molecule has 0 unspecified atom stereocenters. The standard InChI is InChI=1S/C15H12ClF3N2O.C9H7N3O2S/c1-8-2-4-10(7-13(8)20)21-14(22)9-3-5-12(16)11(6-9)15(17,18)19;13-8(14)6-5-11-9(15-6)12-7-3-1-2-4-10-7/h2-7H,20H2,1H3,(H,21,22);1-5H,(H,13,14)(H,10,11,12). The van der Waals surface area contributed by atoms with Crippen LogP contribution in [0.3, 0.4) is 0 Å². The molecule has 0 atom stereocenters. The van der Waals surface area contributed by atoms with Gasteiger partial charge in [0.25, 0.3) is 5.91 Å². The van der Waals surface area contributed by atoms with E-state index in [0.717, 1.165) is 29.0 Å². The number of halogens is 4. The molecule has 37 heavy (non-hydrogen) atoms. The summed E-state index contributed by atoms with van der Waals surface area (Å²) in [6.45, 7) is 1.80. The minimum atomic E-state index is -4.62. The maximum Gasteiger partial charge on any atom is 0.417 e. The van der Waals surface area contributed by atoms with Crippen molar-refractivity contribution in [3.63, 3.8) is 0 Å². The summed E-state index contributed by atoms with van der Waals surface area (Å²) in [4.78, 5) is 30.8. The number of hydrogen-bond donors (Lipinski definition) is 4. The van der Waals surface area contributed by atoms with E-state index in [2.05, 4.69) is 20.6 Å². The summed E-state index contributed by atoms with van der Waals surface area (Å²) in [5.74, 6) is -1.00. The molecule has 0 aliphatic carbocycles. The van der Waals surface area contributed by atoms with Gasteiger partial charge in [-0.3, -0.25) is 4.79 Å². The van der Waals surface area contributed by atoms with Gasteiger partial charge in [0.05, 0.1) is 16.8 Å². The summed E-state index contributed by atoms with van der Waals surface area (Å²) in [6, 6.07) is 13.3. The lowest BCUT2D eigenvalue weighted by Crippen LogP contribution is -2.14. The van der Waals surface area contributed by atoms with E-state index in [0.29, 0.717) is 22.3 Å². The second-order valence-electron chi connectivity index (χ2n) is 7.39. The van der Waals surface area contributed by atoms with Crippen LogP contribution in [0.1, 0.15) is 31.2 Å². The molecule has 1 amide bonds. The molecule has 5 N–H and O–H groups in total. The zero-order chi connectivity index (χ0) is 27.2. The zero-order valence-electron chi connectivity index (χ0n) is 19.0. The van der Waals surface area contributed by atoms with Crippen LogP contribution in [0.2, 0.25) is 5.02 Å². The molecule has 0 aliphatic heterocycles. The van der Waals surface area contributed by atoms with E-state index in [4.69, 9.17) is 22.4 Å². The number of pyridine rings is 1. The number of hydrogen-bond acceptors (Lipinski definition) is 7. The highest BCUT2D eigenvalue weighted by molar-refractivity contribution is 7.17. The van der Waals surface area contributed by atoms with E-state index in [9.17, 15) is 22.8 Å². The van der Waals surface area contributed by atoms with Gasteiger partial charge < -0.3 is 21.5 Å². The van der Waals surface area contributed by atoms with E-state index in [1.807, 2.05) is 6.07 Å². The molecule has 0 aliphatic rings. The summed E-state index contributed by atoms with van der Waals surface area (Å²) in [5.41, 5.74) is 6.24. The molecule has 192 valence electrons. The third kappa shape index (κ3) is 7.66. The third-order valence-electron chi connectivity index (χ3n) is 4.69. The molecule has 4 aromatic rings. The maximum atomic E-state index is 12.8. The number of benzene rings is 2. The number of alkyl halides is 3. The van der Waals surface area contributed by atoms with Crippen LogP contribution in [-0.2, 0) is 6.18 Å². The Balaban J connectivity index is 0.000000220. The van der Waals surface area contributed by atoms with Gasteiger partial charge in [-0.15, -0.1) is 0 Å². The molecule has 2 heterocycles. The summed E-state index contributed by atoms with van der Waals surface area (Å²) in [5, 5.41) is 14.2. The van der Waals surface area contributed by atoms with Crippen molar-refractivity contribution in [1.29, 1.82) is 0 Å². The summed E-state index contributed by atoms with van der Waals surface area (Å²) in [7, 11) is 0. The van der Waals surface area contributed by atoms with Crippen molar-refractivity contribution in [1.82, 2.24) is 9.97 Å². The number of aromatic nitrogens is 2. The number of aromatic carboxylic acids is 1. The van der Waals surface area contributed by atoms with Gasteiger partial charge in [-0.1, -0.05) is 35.1 Å². The molecule has 2 aromatic carbocycles. The monoisotopic (exact) mass is 549 g/mol. The number of amides is 1. The number of carboxylic acids is 1. The van der Waals surface area contributed by atoms with Gasteiger partial charge in [-0.05, 0) is 55.0 Å². The number of aryl methyl sites for hydroxylation is 1. The Hall–Kier alpha value is -4.16. The molecule has 0 saturated carbocycles. The molecule has 0 bridgehead atoms. The summed E-state index contributed by atoms with van der Waals surface area (Å²) >= 11 is 6.59.